The van der Waals surface area contributed by atoms with Crippen LogP contribution in [-0.4, -0.2) is 64.9 Å². The van der Waals surface area contributed by atoms with E-state index in [1.807, 2.05) is 0 Å². The van der Waals surface area contributed by atoms with Crippen molar-refractivity contribution in [2.24, 2.45) is 0 Å². The minimum absolute atomic E-state index is 0.140. The van der Waals surface area contributed by atoms with Crippen molar-refractivity contribution in [1.82, 2.24) is 5.32 Å². The van der Waals surface area contributed by atoms with E-state index in [1.54, 1.807) is 0 Å². The van der Waals surface area contributed by atoms with Gasteiger partial charge in [0, 0.05) is 12.8 Å². The van der Waals surface area contributed by atoms with Crippen LogP contribution in [-0.2, 0) is 32.7 Å². The smallest absolute Gasteiger partial charge is 0.472 e. The SMILES string of the molecule is CCCCC/C=C\C/C=C\CCCCCCCC(=O)OCC(O)COP(=O)(O)OCC(NC(=O)CCCCCCCCC/C=C\CCCCCCCC)C(=O)O. The molecule has 0 aliphatic carbocycles. The van der Waals surface area contributed by atoms with E-state index in [4.69, 9.17) is 13.8 Å². The number of allylic oxidation sites excluding steroid dienone is 6. The maximum absolute atomic E-state index is 12.3. The number of aliphatic carboxylic acids is 1. The number of ether oxygens (including phenoxy) is 1. The topological polar surface area (TPSA) is 169 Å². The van der Waals surface area contributed by atoms with Gasteiger partial charge in [-0.1, -0.05) is 147 Å². The van der Waals surface area contributed by atoms with Crippen molar-refractivity contribution < 1.29 is 47.8 Å². The van der Waals surface area contributed by atoms with Crippen molar-refractivity contribution in [3.63, 3.8) is 0 Å². The Hall–Kier alpha value is -2.30. The number of hydrogen-bond acceptors (Lipinski definition) is 8. The molecular formula is C44H80NO10P. The highest BCUT2D eigenvalue weighted by Gasteiger charge is 2.28. The number of phosphoric ester groups is 1. The van der Waals surface area contributed by atoms with Crippen molar-refractivity contribution in [3.8, 4) is 0 Å². The normalized spacial score (nSPS) is 14.1. The molecule has 56 heavy (non-hydrogen) atoms. The summed E-state index contributed by atoms with van der Waals surface area (Å²) in [7, 11) is -4.76. The predicted molar refractivity (Wildman–Crippen MR) is 226 cm³/mol. The zero-order chi connectivity index (χ0) is 41.4. The highest BCUT2D eigenvalue weighted by Crippen LogP contribution is 2.43. The van der Waals surface area contributed by atoms with E-state index >= 15 is 0 Å². The average Bonchev–Trinajstić information content (AvgIpc) is 3.17. The van der Waals surface area contributed by atoms with Crippen LogP contribution in [0.15, 0.2) is 36.5 Å². The van der Waals surface area contributed by atoms with Gasteiger partial charge in [-0.05, 0) is 70.6 Å². The van der Waals surface area contributed by atoms with E-state index in [-0.39, 0.29) is 12.8 Å². The van der Waals surface area contributed by atoms with Gasteiger partial charge < -0.3 is 25.2 Å². The van der Waals surface area contributed by atoms with Gasteiger partial charge in [0.1, 0.15) is 12.7 Å². The molecule has 0 saturated heterocycles. The van der Waals surface area contributed by atoms with Crippen LogP contribution in [0.5, 0.6) is 0 Å². The minimum Gasteiger partial charge on any atom is -0.480 e. The molecule has 0 aromatic rings. The van der Waals surface area contributed by atoms with Crippen molar-refractivity contribution in [2.45, 2.75) is 206 Å². The summed E-state index contributed by atoms with van der Waals surface area (Å²) in [6.07, 6.45) is 41.6. The largest absolute Gasteiger partial charge is 0.480 e. The van der Waals surface area contributed by atoms with E-state index in [0.717, 1.165) is 77.0 Å². The lowest BCUT2D eigenvalue weighted by atomic mass is 10.1. The molecule has 326 valence electrons. The maximum atomic E-state index is 12.3. The van der Waals surface area contributed by atoms with Crippen LogP contribution in [0.25, 0.3) is 0 Å². The Morgan fingerprint density at radius 3 is 1.50 bits per heavy atom. The fraction of sp³-hybridized carbons (Fsp3) is 0.795. The fourth-order valence-corrected chi connectivity index (χ4v) is 6.70. The molecule has 0 fully saturated rings. The van der Waals surface area contributed by atoms with Gasteiger partial charge in [0.05, 0.1) is 13.2 Å². The molecule has 0 saturated carbocycles. The number of phosphoric acid groups is 1. The number of nitrogens with one attached hydrogen (secondary N) is 1. The Kier molecular flexibility index (Phi) is 37.9. The van der Waals surface area contributed by atoms with Gasteiger partial charge in [-0.15, -0.1) is 0 Å². The van der Waals surface area contributed by atoms with Crippen molar-refractivity contribution >= 4 is 25.7 Å². The fourth-order valence-electron chi connectivity index (χ4n) is 5.93. The Morgan fingerprint density at radius 1 is 0.571 bits per heavy atom. The second-order valence-electron chi connectivity index (χ2n) is 14.9. The summed E-state index contributed by atoms with van der Waals surface area (Å²) in [5.74, 6) is -2.39. The zero-order valence-electron chi connectivity index (χ0n) is 35.2. The van der Waals surface area contributed by atoms with Gasteiger partial charge >= 0.3 is 19.8 Å². The molecule has 0 aliphatic heterocycles. The Bertz CT molecular complexity index is 1100. The molecule has 0 heterocycles. The van der Waals surface area contributed by atoms with Crippen molar-refractivity contribution in [2.75, 3.05) is 19.8 Å². The van der Waals surface area contributed by atoms with E-state index < -0.39 is 57.6 Å². The molecule has 1 amide bonds. The van der Waals surface area contributed by atoms with Gasteiger partial charge in [0.2, 0.25) is 5.91 Å². The summed E-state index contributed by atoms with van der Waals surface area (Å²) >= 11 is 0. The number of amides is 1. The summed E-state index contributed by atoms with van der Waals surface area (Å²) < 4.78 is 26.8. The number of carboxylic acids is 1. The number of carbonyl (C=O) groups excluding carboxylic acids is 2. The molecule has 0 radical (unpaired) electrons. The number of hydrogen-bond donors (Lipinski definition) is 4. The summed E-state index contributed by atoms with van der Waals surface area (Å²) in [4.78, 5) is 45.9. The third-order valence-corrected chi connectivity index (χ3v) is 10.4. The summed E-state index contributed by atoms with van der Waals surface area (Å²) in [6, 6.07) is -1.55. The first-order valence-corrected chi connectivity index (χ1v) is 23.5. The third kappa shape index (κ3) is 38.6. The number of aliphatic hydroxyl groups is 1. The first-order chi connectivity index (χ1) is 27.1. The lowest BCUT2D eigenvalue weighted by Gasteiger charge is -2.18. The van der Waals surface area contributed by atoms with Crippen molar-refractivity contribution in [3.05, 3.63) is 36.5 Å². The minimum atomic E-state index is -4.76. The Labute approximate surface area is 340 Å². The molecule has 11 nitrogen and oxygen atoms in total. The van der Waals surface area contributed by atoms with Gasteiger partial charge in [0.15, 0.2) is 6.04 Å². The monoisotopic (exact) mass is 814 g/mol. The zero-order valence-corrected chi connectivity index (χ0v) is 36.1. The lowest BCUT2D eigenvalue weighted by Crippen LogP contribution is -2.43. The summed E-state index contributed by atoms with van der Waals surface area (Å²) in [5, 5.41) is 21.8. The summed E-state index contributed by atoms with van der Waals surface area (Å²) in [6.45, 7) is 2.55. The van der Waals surface area contributed by atoms with Gasteiger partial charge in [0.25, 0.3) is 0 Å². The third-order valence-electron chi connectivity index (χ3n) is 9.40. The second kappa shape index (κ2) is 39.5. The molecular weight excluding hydrogens is 733 g/mol. The molecule has 0 aliphatic rings. The first-order valence-electron chi connectivity index (χ1n) is 22.0. The molecule has 3 unspecified atom stereocenters. The number of rotatable bonds is 41. The van der Waals surface area contributed by atoms with Gasteiger partial charge in [-0.25, -0.2) is 9.36 Å². The first kappa shape index (κ1) is 53.7. The second-order valence-corrected chi connectivity index (χ2v) is 16.3. The van der Waals surface area contributed by atoms with Crippen LogP contribution in [0.1, 0.15) is 194 Å². The van der Waals surface area contributed by atoms with Crippen LogP contribution in [0.2, 0.25) is 0 Å². The highest BCUT2D eigenvalue weighted by molar-refractivity contribution is 7.47. The number of carboxylic acid groups (broad SMARTS) is 1. The van der Waals surface area contributed by atoms with Crippen LogP contribution in [0, 0.1) is 0 Å². The predicted octanol–water partition coefficient (Wildman–Crippen LogP) is 11.2. The van der Waals surface area contributed by atoms with E-state index in [0.29, 0.717) is 12.8 Å². The van der Waals surface area contributed by atoms with E-state index in [9.17, 15) is 34.1 Å². The van der Waals surface area contributed by atoms with Gasteiger partial charge in [-0.3, -0.25) is 18.6 Å². The number of esters is 1. The van der Waals surface area contributed by atoms with Crippen LogP contribution in [0.3, 0.4) is 0 Å². The number of carbonyl (C=O) groups is 3. The quantitative estimate of drug-likeness (QED) is 0.0202. The van der Waals surface area contributed by atoms with Crippen LogP contribution < -0.4 is 5.32 Å². The molecule has 0 aromatic carbocycles. The van der Waals surface area contributed by atoms with Crippen LogP contribution >= 0.6 is 7.82 Å². The molecule has 0 bridgehead atoms. The van der Waals surface area contributed by atoms with Crippen molar-refractivity contribution in [1.29, 1.82) is 0 Å². The maximum Gasteiger partial charge on any atom is 0.472 e. The molecule has 0 aromatic heterocycles. The van der Waals surface area contributed by atoms with E-state index in [1.165, 1.54) is 77.0 Å². The Morgan fingerprint density at radius 2 is 0.982 bits per heavy atom. The standard InChI is InChI=1S/C44H80NO10P/c1-3-5-7-9-11-13-15-17-19-20-22-23-25-27-29-31-33-35-42(47)45-41(44(49)50)39-55-56(51,52)54-38-40(46)37-53-43(48)36-34-32-30-28-26-24-21-18-16-14-12-10-8-6-4-2/h12,14,17-19,21,40-41,46H,3-11,13,15-16,20,22-39H2,1-2H3,(H,45,47)(H,49,50)(H,51,52)/b14-12-,19-17-,21-18-. The lowest BCUT2D eigenvalue weighted by molar-refractivity contribution is -0.147. The molecule has 4 N–H and O–H groups in total. The highest BCUT2D eigenvalue weighted by atomic mass is 31.2. The van der Waals surface area contributed by atoms with E-state index in [2.05, 4.69) is 55.6 Å². The summed E-state index contributed by atoms with van der Waals surface area (Å²) in [5.41, 5.74) is 0. The molecule has 3 atom stereocenters. The molecule has 0 rings (SSSR count). The molecule has 12 heteroatoms. The number of unbranched alkanes of at least 4 members (excludes halogenated alkanes) is 21. The molecule has 0 spiro atoms. The Balaban J connectivity index is 3.93. The number of aliphatic hydroxyl groups excluding tert-OH is 1. The van der Waals surface area contributed by atoms with Crippen LogP contribution in [0.4, 0.5) is 0 Å². The average molecular weight is 814 g/mol. The van der Waals surface area contributed by atoms with Gasteiger partial charge in [-0.2, -0.15) is 0 Å².